The van der Waals surface area contributed by atoms with Gasteiger partial charge >= 0.3 is 5.97 Å². The van der Waals surface area contributed by atoms with Gasteiger partial charge in [0.1, 0.15) is 6.04 Å². The average molecular weight is 226 g/mol. The molecule has 16 heavy (non-hydrogen) atoms. The maximum absolute atomic E-state index is 12.1. The number of carboxylic acid groups (broad SMARTS) is 1. The number of amides is 1. The molecule has 0 bridgehead atoms. The topological polar surface area (TPSA) is 69.6 Å². The highest BCUT2D eigenvalue weighted by Crippen LogP contribution is 2.22. The lowest BCUT2D eigenvalue weighted by atomic mass is 9.98. The Kier molecular flexibility index (Phi) is 3.43. The number of nitrogens with one attached hydrogen (secondary N) is 1. The van der Waals surface area contributed by atoms with Crippen molar-refractivity contribution in [3.63, 3.8) is 0 Å². The number of carbonyl (C=O) groups is 2. The lowest BCUT2D eigenvalue weighted by molar-refractivity contribution is -0.150. The first kappa shape index (κ1) is 11.4. The van der Waals surface area contributed by atoms with Gasteiger partial charge < -0.3 is 15.3 Å². The van der Waals surface area contributed by atoms with E-state index in [4.69, 9.17) is 5.11 Å². The maximum atomic E-state index is 12.1. The number of nitrogens with zero attached hydrogens (tertiary/aromatic N) is 1. The molecule has 0 aromatic rings. The number of rotatable bonds is 2. The summed E-state index contributed by atoms with van der Waals surface area (Å²) < 4.78 is 0. The Labute approximate surface area is 94.8 Å². The number of hydrogen-bond acceptors (Lipinski definition) is 3. The zero-order valence-corrected chi connectivity index (χ0v) is 9.32. The lowest BCUT2D eigenvalue weighted by Crippen LogP contribution is -2.47. The summed E-state index contributed by atoms with van der Waals surface area (Å²) in [4.78, 5) is 24.7. The van der Waals surface area contributed by atoms with Crippen LogP contribution in [0.4, 0.5) is 0 Å². The van der Waals surface area contributed by atoms with E-state index in [0.717, 1.165) is 25.8 Å². The minimum absolute atomic E-state index is 0.0197. The number of aliphatic carboxylic acids is 1. The van der Waals surface area contributed by atoms with Crippen LogP contribution in [0.3, 0.4) is 0 Å². The first-order valence-corrected chi connectivity index (χ1v) is 5.94. The zero-order chi connectivity index (χ0) is 11.5. The summed E-state index contributed by atoms with van der Waals surface area (Å²) in [6.07, 6.45) is 3.29. The highest BCUT2D eigenvalue weighted by atomic mass is 16.4. The minimum Gasteiger partial charge on any atom is -0.480 e. The van der Waals surface area contributed by atoms with Crippen LogP contribution in [0.25, 0.3) is 0 Å². The first-order valence-electron chi connectivity index (χ1n) is 5.94. The lowest BCUT2D eigenvalue weighted by Gasteiger charge is -2.29. The standard InChI is InChI=1S/C11H18N2O3/c14-10(8-3-1-5-12-7-8)13-6-2-4-9(13)11(15)16/h8-9,12H,1-7H2,(H,15,16). The van der Waals surface area contributed by atoms with E-state index < -0.39 is 12.0 Å². The van der Waals surface area contributed by atoms with Crippen LogP contribution in [0, 0.1) is 5.92 Å². The summed E-state index contributed by atoms with van der Waals surface area (Å²) in [6, 6.07) is -0.588. The maximum Gasteiger partial charge on any atom is 0.326 e. The van der Waals surface area contributed by atoms with E-state index in [1.54, 1.807) is 4.90 Å². The van der Waals surface area contributed by atoms with Gasteiger partial charge in [0.2, 0.25) is 5.91 Å². The predicted molar refractivity (Wildman–Crippen MR) is 58.0 cm³/mol. The molecule has 0 aromatic heterocycles. The highest BCUT2D eigenvalue weighted by molar-refractivity contribution is 5.85. The summed E-state index contributed by atoms with van der Waals surface area (Å²) in [7, 11) is 0. The predicted octanol–water partition coefficient (Wildman–Crippen LogP) is 0.0616. The van der Waals surface area contributed by atoms with Crippen LogP contribution < -0.4 is 5.32 Å². The third-order valence-corrected chi connectivity index (χ3v) is 3.47. The van der Waals surface area contributed by atoms with Crippen molar-refractivity contribution in [3.8, 4) is 0 Å². The van der Waals surface area contributed by atoms with Gasteiger partial charge in [0, 0.05) is 13.1 Å². The van der Waals surface area contributed by atoms with E-state index in [0.29, 0.717) is 19.5 Å². The van der Waals surface area contributed by atoms with Gasteiger partial charge in [-0.25, -0.2) is 4.79 Å². The quantitative estimate of drug-likeness (QED) is 0.698. The molecule has 2 N–H and O–H groups in total. The normalized spacial score (nSPS) is 30.4. The fourth-order valence-corrected chi connectivity index (χ4v) is 2.58. The molecule has 2 rings (SSSR count). The van der Waals surface area contributed by atoms with Gasteiger partial charge in [0.05, 0.1) is 5.92 Å². The molecule has 5 nitrogen and oxygen atoms in total. The Bertz CT molecular complexity index is 287. The van der Waals surface area contributed by atoms with Gasteiger partial charge in [-0.3, -0.25) is 4.79 Å². The molecule has 2 heterocycles. The van der Waals surface area contributed by atoms with E-state index in [2.05, 4.69) is 5.32 Å². The number of hydrogen-bond donors (Lipinski definition) is 2. The Hall–Kier alpha value is -1.10. The molecular weight excluding hydrogens is 208 g/mol. The molecule has 0 aliphatic carbocycles. The molecule has 2 aliphatic heterocycles. The number of carboxylic acids is 1. The SMILES string of the molecule is O=C(O)C1CCCN1C(=O)C1CCCNC1. The second kappa shape index (κ2) is 4.82. The van der Waals surface area contributed by atoms with Crippen molar-refractivity contribution >= 4 is 11.9 Å². The zero-order valence-electron chi connectivity index (χ0n) is 9.32. The molecule has 0 spiro atoms. The summed E-state index contributed by atoms with van der Waals surface area (Å²) in [5, 5.41) is 12.2. The third kappa shape index (κ3) is 2.19. The summed E-state index contributed by atoms with van der Waals surface area (Å²) >= 11 is 0. The van der Waals surface area contributed by atoms with Crippen molar-refractivity contribution in [3.05, 3.63) is 0 Å². The molecule has 5 heteroatoms. The van der Waals surface area contributed by atoms with Crippen molar-refractivity contribution in [2.75, 3.05) is 19.6 Å². The smallest absolute Gasteiger partial charge is 0.326 e. The van der Waals surface area contributed by atoms with E-state index in [-0.39, 0.29) is 11.8 Å². The fourth-order valence-electron chi connectivity index (χ4n) is 2.58. The molecule has 2 aliphatic rings. The van der Waals surface area contributed by atoms with Gasteiger partial charge in [0.25, 0.3) is 0 Å². The van der Waals surface area contributed by atoms with Gasteiger partial charge in [-0.05, 0) is 32.2 Å². The number of likely N-dealkylation sites (tertiary alicyclic amines) is 1. The van der Waals surface area contributed by atoms with Crippen LogP contribution in [0.1, 0.15) is 25.7 Å². The Morgan fingerprint density at radius 3 is 2.69 bits per heavy atom. The second-order valence-corrected chi connectivity index (χ2v) is 4.57. The third-order valence-electron chi connectivity index (χ3n) is 3.47. The van der Waals surface area contributed by atoms with Crippen LogP contribution >= 0.6 is 0 Å². The molecule has 2 fully saturated rings. The molecule has 2 unspecified atom stereocenters. The number of piperidine rings is 1. The first-order chi connectivity index (χ1) is 7.70. The van der Waals surface area contributed by atoms with E-state index in [1.807, 2.05) is 0 Å². The van der Waals surface area contributed by atoms with Gasteiger partial charge in [-0.1, -0.05) is 0 Å². The molecule has 2 saturated heterocycles. The molecule has 0 saturated carbocycles. The Morgan fingerprint density at radius 2 is 2.06 bits per heavy atom. The van der Waals surface area contributed by atoms with Crippen LogP contribution in [0.5, 0.6) is 0 Å². The molecule has 90 valence electrons. The average Bonchev–Trinajstić information content (AvgIpc) is 2.78. The fraction of sp³-hybridized carbons (Fsp3) is 0.818. The van der Waals surface area contributed by atoms with Crippen molar-refractivity contribution in [1.82, 2.24) is 10.2 Å². The molecule has 0 aromatic carbocycles. The molecule has 2 atom stereocenters. The summed E-state index contributed by atoms with van der Waals surface area (Å²) in [6.45, 7) is 2.26. The molecule has 1 amide bonds. The van der Waals surface area contributed by atoms with Crippen molar-refractivity contribution in [1.29, 1.82) is 0 Å². The monoisotopic (exact) mass is 226 g/mol. The van der Waals surface area contributed by atoms with Crippen molar-refractivity contribution in [2.45, 2.75) is 31.7 Å². The highest BCUT2D eigenvalue weighted by Gasteiger charge is 2.37. The van der Waals surface area contributed by atoms with Crippen LogP contribution in [0.2, 0.25) is 0 Å². The largest absolute Gasteiger partial charge is 0.480 e. The Balaban J connectivity index is 1.99. The van der Waals surface area contributed by atoms with E-state index >= 15 is 0 Å². The second-order valence-electron chi connectivity index (χ2n) is 4.57. The van der Waals surface area contributed by atoms with Crippen molar-refractivity contribution < 1.29 is 14.7 Å². The molecular formula is C11H18N2O3. The number of carbonyl (C=O) groups excluding carboxylic acids is 1. The van der Waals surface area contributed by atoms with Gasteiger partial charge in [-0.2, -0.15) is 0 Å². The van der Waals surface area contributed by atoms with Crippen LogP contribution in [0.15, 0.2) is 0 Å². The van der Waals surface area contributed by atoms with E-state index in [1.165, 1.54) is 0 Å². The van der Waals surface area contributed by atoms with E-state index in [9.17, 15) is 9.59 Å². The molecule has 0 radical (unpaired) electrons. The summed E-state index contributed by atoms with van der Waals surface area (Å²) in [5.41, 5.74) is 0. The van der Waals surface area contributed by atoms with Crippen molar-refractivity contribution in [2.24, 2.45) is 5.92 Å². The van der Waals surface area contributed by atoms with Crippen LogP contribution in [-0.4, -0.2) is 47.6 Å². The minimum atomic E-state index is -0.866. The Morgan fingerprint density at radius 1 is 1.25 bits per heavy atom. The van der Waals surface area contributed by atoms with Gasteiger partial charge in [-0.15, -0.1) is 0 Å². The summed E-state index contributed by atoms with van der Waals surface area (Å²) in [5.74, 6) is -0.861. The van der Waals surface area contributed by atoms with Crippen LogP contribution in [-0.2, 0) is 9.59 Å². The van der Waals surface area contributed by atoms with Gasteiger partial charge in [0.15, 0.2) is 0 Å².